The van der Waals surface area contributed by atoms with Gasteiger partial charge in [-0.1, -0.05) is 54.1 Å². The van der Waals surface area contributed by atoms with E-state index in [4.69, 9.17) is 22.1 Å². The van der Waals surface area contributed by atoms with Gasteiger partial charge < -0.3 is 15.4 Å². The Morgan fingerprint density at radius 2 is 1.84 bits per heavy atom. The maximum atomic E-state index is 12.4. The predicted octanol–water partition coefficient (Wildman–Crippen LogP) is 4.01. The van der Waals surface area contributed by atoms with Gasteiger partial charge in [0.2, 0.25) is 0 Å². The van der Waals surface area contributed by atoms with Gasteiger partial charge in [-0.05, 0) is 42.5 Å². The summed E-state index contributed by atoms with van der Waals surface area (Å²) in [5.41, 5.74) is 8.26. The van der Waals surface area contributed by atoms with Crippen LogP contribution < -0.4 is 5.73 Å². The van der Waals surface area contributed by atoms with Crippen molar-refractivity contribution in [2.75, 3.05) is 13.1 Å². The first-order valence-corrected chi connectivity index (χ1v) is 8.91. The van der Waals surface area contributed by atoms with Gasteiger partial charge in [0.1, 0.15) is 6.61 Å². The highest BCUT2D eigenvalue weighted by atomic mass is 35.5. The fourth-order valence-electron chi connectivity index (χ4n) is 3.28. The molecule has 1 amide bonds. The number of piperidine rings is 1. The molecule has 4 nitrogen and oxygen atoms in total. The average molecular weight is 359 g/mol. The Hall–Kier alpha value is -2.04. The van der Waals surface area contributed by atoms with E-state index in [0.29, 0.717) is 24.5 Å². The third kappa shape index (κ3) is 4.97. The number of hydrogen-bond donors (Lipinski definition) is 1. The van der Waals surface area contributed by atoms with E-state index in [-0.39, 0.29) is 12.7 Å². The third-order valence-electron chi connectivity index (χ3n) is 4.54. The molecule has 1 fully saturated rings. The van der Waals surface area contributed by atoms with E-state index < -0.39 is 5.54 Å². The molecule has 1 atom stereocenters. The van der Waals surface area contributed by atoms with E-state index in [9.17, 15) is 4.79 Å². The second-order valence-corrected chi connectivity index (χ2v) is 7.17. The molecule has 0 spiro atoms. The number of carbonyl (C=O) groups excluding carboxylic acids is 1. The van der Waals surface area contributed by atoms with Crippen molar-refractivity contribution in [3.8, 4) is 0 Å². The Balaban J connectivity index is 1.57. The molecule has 2 aromatic carbocycles. The smallest absolute Gasteiger partial charge is 0.410 e. The second-order valence-electron chi connectivity index (χ2n) is 6.73. The van der Waals surface area contributed by atoms with Gasteiger partial charge in [0.05, 0.1) is 0 Å². The Labute approximate surface area is 153 Å². The minimum atomic E-state index is -0.433. The van der Waals surface area contributed by atoms with Crippen LogP contribution in [0.2, 0.25) is 5.02 Å². The number of nitrogens with two attached hydrogens (primary N) is 1. The standard InChI is InChI=1S/C20H23ClN2O2/c21-18-9-7-16(8-10-18)13-20(22)11-4-12-23(15-20)19(24)25-14-17-5-2-1-3-6-17/h1-3,5-10H,4,11-15,22H2. The number of halogens is 1. The van der Waals surface area contributed by atoms with Crippen LogP contribution in [-0.4, -0.2) is 29.6 Å². The van der Waals surface area contributed by atoms with Crippen LogP contribution in [0.15, 0.2) is 54.6 Å². The molecule has 1 aliphatic rings. The van der Waals surface area contributed by atoms with Crippen LogP contribution in [0.25, 0.3) is 0 Å². The van der Waals surface area contributed by atoms with Crippen LogP contribution in [0.5, 0.6) is 0 Å². The SMILES string of the molecule is NC1(Cc2ccc(Cl)cc2)CCCN(C(=O)OCc2ccccc2)C1. The van der Waals surface area contributed by atoms with Crippen molar-refractivity contribution in [2.24, 2.45) is 5.73 Å². The predicted molar refractivity (Wildman–Crippen MR) is 99.5 cm³/mol. The monoisotopic (exact) mass is 358 g/mol. The van der Waals surface area contributed by atoms with E-state index in [1.165, 1.54) is 0 Å². The summed E-state index contributed by atoms with van der Waals surface area (Å²) in [6.07, 6.45) is 2.18. The fourth-order valence-corrected chi connectivity index (χ4v) is 3.41. The third-order valence-corrected chi connectivity index (χ3v) is 4.79. The molecule has 0 aromatic heterocycles. The summed E-state index contributed by atoms with van der Waals surface area (Å²) in [5.74, 6) is 0. The average Bonchev–Trinajstić information content (AvgIpc) is 2.62. The van der Waals surface area contributed by atoms with Gasteiger partial charge in [0.15, 0.2) is 0 Å². The van der Waals surface area contributed by atoms with Crippen LogP contribution in [0.4, 0.5) is 4.79 Å². The summed E-state index contributed by atoms with van der Waals surface area (Å²) in [6, 6.07) is 17.4. The normalized spacial score (nSPS) is 20.3. The quantitative estimate of drug-likeness (QED) is 0.898. The molecule has 0 radical (unpaired) electrons. The van der Waals surface area contributed by atoms with Crippen LogP contribution in [-0.2, 0) is 17.8 Å². The molecule has 0 bridgehead atoms. The van der Waals surface area contributed by atoms with Crippen molar-refractivity contribution < 1.29 is 9.53 Å². The summed E-state index contributed by atoms with van der Waals surface area (Å²) >= 11 is 5.94. The van der Waals surface area contributed by atoms with Gasteiger partial charge in [-0.3, -0.25) is 0 Å². The first-order valence-electron chi connectivity index (χ1n) is 8.53. The van der Waals surface area contributed by atoms with Crippen LogP contribution in [0.1, 0.15) is 24.0 Å². The first kappa shape index (κ1) is 17.8. The molecule has 3 rings (SSSR count). The molecule has 1 unspecified atom stereocenters. The number of carbonyl (C=O) groups is 1. The van der Waals surface area contributed by atoms with Gasteiger partial charge in [-0.25, -0.2) is 4.79 Å². The number of amides is 1. The van der Waals surface area contributed by atoms with Crippen LogP contribution >= 0.6 is 11.6 Å². The molecule has 2 N–H and O–H groups in total. The number of hydrogen-bond acceptors (Lipinski definition) is 3. The van der Waals surface area contributed by atoms with Gasteiger partial charge in [0.25, 0.3) is 0 Å². The van der Waals surface area contributed by atoms with Gasteiger partial charge >= 0.3 is 6.09 Å². The Morgan fingerprint density at radius 1 is 1.12 bits per heavy atom. The molecule has 2 aromatic rings. The van der Waals surface area contributed by atoms with E-state index in [1.807, 2.05) is 54.6 Å². The minimum Gasteiger partial charge on any atom is -0.445 e. The number of benzene rings is 2. The van der Waals surface area contributed by atoms with E-state index >= 15 is 0 Å². The lowest BCUT2D eigenvalue weighted by Crippen LogP contribution is -2.57. The van der Waals surface area contributed by atoms with E-state index in [0.717, 1.165) is 24.0 Å². The highest BCUT2D eigenvalue weighted by Gasteiger charge is 2.34. The molecule has 1 aliphatic heterocycles. The van der Waals surface area contributed by atoms with Gasteiger partial charge in [-0.15, -0.1) is 0 Å². The summed E-state index contributed by atoms with van der Waals surface area (Å²) in [7, 11) is 0. The fraction of sp³-hybridized carbons (Fsp3) is 0.350. The second kappa shape index (κ2) is 7.89. The van der Waals surface area contributed by atoms with Crippen molar-refractivity contribution in [2.45, 2.75) is 31.4 Å². The van der Waals surface area contributed by atoms with E-state index in [1.54, 1.807) is 4.90 Å². The topological polar surface area (TPSA) is 55.6 Å². The summed E-state index contributed by atoms with van der Waals surface area (Å²) < 4.78 is 5.44. The molecule has 132 valence electrons. The van der Waals surface area contributed by atoms with Crippen LogP contribution in [0, 0.1) is 0 Å². The lowest BCUT2D eigenvalue weighted by atomic mass is 9.84. The zero-order chi connectivity index (χ0) is 17.7. The number of likely N-dealkylation sites (tertiary alicyclic amines) is 1. The summed E-state index contributed by atoms with van der Waals surface area (Å²) in [5, 5.41) is 0.713. The van der Waals surface area contributed by atoms with E-state index in [2.05, 4.69) is 0 Å². The summed E-state index contributed by atoms with van der Waals surface area (Å²) in [4.78, 5) is 14.1. The number of ether oxygens (including phenoxy) is 1. The molecule has 5 heteroatoms. The summed E-state index contributed by atoms with van der Waals surface area (Å²) in [6.45, 7) is 1.47. The van der Waals surface area contributed by atoms with Crippen molar-refractivity contribution in [1.82, 2.24) is 4.90 Å². The van der Waals surface area contributed by atoms with Crippen molar-refractivity contribution >= 4 is 17.7 Å². The Bertz CT molecular complexity index is 705. The molecule has 25 heavy (non-hydrogen) atoms. The number of rotatable bonds is 4. The van der Waals surface area contributed by atoms with Gasteiger partial charge in [-0.2, -0.15) is 0 Å². The maximum absolute atomic E-state index is 12.4. The molecule has 0 saturated carbocycles. The molecular weight excluding hydrogens is 336 g/mol. The Kier molecular flexibility index (Phi) is 5.61. The zero-order valence-electron chi connectivity index (χ0n) is 14.2. The van der Waals surface area contributed by atoms with Gasteiger partial charge in [0, 0.05) is 23.7 Å². The maximum Gasteiger partial charge on any atom is 0.410 e. The first-order chi connectivity index (χ1) is 12.0. The van der Waals surface area contributed by atoms with Crippen molar-refractivity contribution in [3.05, 3.63) is 70.7 Å². The largest absolute Gasteiger partial charge is 0.445 e. The lowest BCUT2D eigenvalue weighted by Gasteiger charge is -2.39. The van der Waals surface area contributed by atoms with Crippen molar-refractivity contribution in [3.63, 3.8) is 0 Å². The molecular formula is C20H23ClN2O2. The zero-order valence-corrected chi connectivity index (χ0v) is 14.9. The highest BCUT2D eigenvalue weighted by Crippen LogP contribution is 2.24. The molecule has 0 aliphatic carbocycles. The minimum absolute atomic E-state index is 0.283. The molecule has 1 heterocycles. The Morgan fingerprint density at radius 3 is 2.56 bits per heavy atom. The number of nitrogens with zero attached hydrogens (tertiary/aromatic N) is 1. The molecule has 1 saturated heterocycles. The van der Waals surface area contributed by atoms with Crippen molar-refractivity contribution in [1.29, 1.82) is 0 Å². The van der Waals surface area contributed by atoms with Crippen LogP contribution in [0.3, 0.4) is 0 Å². The lowest BCUT2D eigenvalue weighted by molar-refractivity contribution is 0.0731. The highest BCUT2D eigenvalue weighted by molar-refractivity contribution is 6.30.